The van der Waals surface area contributed by atoms with Gasteiger partial charge in [-0.1, -0.05) is 20.8 Å². The summed E-state index contributed by atoms with van der Waals surface area (Å²) in [6, 6.07) is 1.84. The van der Waals surface area contributed by atoms with Crippen LogP contribution in [0.15, 0.2) is 4.99 Å². The lowest BCUT2D eigenvalue weighted by molar-refractivity contribution is -0.188. The van der Waals surface area contributed by atoms with Gasteiger partial charge in [-0.05, 0) is 38.5 Å². The summed E-state index contributed by atoms with van der Waals surface area (Å²) < 4.78 is 6.05. The fourth-order valence-corrected chi connectivity index (χ4v) is 5.36. The average Bonchev–Trinajstić information content (AvgIpc) is 3.37. The van der Waals surface area contributed by atoms with Gasteiger partial charge in [-0.15, -0.1) is 24.0 Å². The molecule has 2 saturated heterocycles. The second-order valence-electron chi connectivity index (χ2n) is 9.28. The first-order valence-electron chi connectivity index (χ1n) is 10.4. The van der Waals surface area contributed by atoms with Crippen LogP contribution in [0, 0.1) is 17.3 Å². The third-order valence-corrected chi connectivity index (χ3v) is 6.97. The molecule has 0 aromatic heterocycles. The lowest BCUT2D eigenvalue weighted by atomic mass is 9.55. The van der Waals surface area contributed by atoms with E-state index in [-0.39, 0.29) is 29.4 Å². The summed E-state index contributed by atoms with van der Waals surface area (Å²) in [6.45, 7) is 13.3. The molecule has 4 aliphatic rings. The lowest BCUT2D eigenvalue weighted by Crippen LogP contribution is -2.71. The van der Waals surface area contributed by atoms with Crippen LogP contribution in [0.3, 0.4) is 0 Å². The Bertz CT molecular complexity index is 522. The van der Waals surface area contributed by atoms with Gasteiger partial charge in [0, 0.05) is 55.7 Å². The van der Waals surface area contributed by atoms with Crippen LogP contribution in [0.5, 0.6) is 0 Å². The number of nitrogens with one attached hydrogen (secondary N) is 2. The van der Waals surface area contributed by atoms with Crippen molar-refractivity contribution >= 4 is 29.9 Å². The zero-order valence-corrected chi connectivity index (χ0v) is 19.2. The minimum atomic E-state index is 0. The zero-order chi connectivity index (χ0) is 17.6. The molecule has 0 spiro atoms. The van der Waals surface area contributed by atoms with Crippen LogP contribution < -0.4 is 10.6 Å². The number of guanidine groups is 1. The number of fused-ring (bicyclic) bond motifs is 1. The highest BCUT2D eigenvalue weighted by molar-refractivity contribution is 14.0. The first-order valence-corrected chi connectivity index (χ1v) is 10.4. The van der Waals surface area contributed by atoms with Crippen molar-refractivity contribution in [3.63, 3.8) is 0 Å². The summed E-state index contributed by atoms with van der Waals surface area (Å²) in [5.41, 5.74) is 0.183. The number of hydrogen-bond donors (Lipinski definition) is 2. The lowest BCUT2D eigenvalue weighted by Gasteiger charge is -2.60. The number of likely N-dealkylation sites (tertiary alicyclic amines) is 1. The minimum absolute atomic E-state index is 0. The summed E-state index contributed by atoms with van der Waals surface area (Å²) in [4.78, 5) is 7.44. The molecule has 2 saturated carbocycles. The molecule has 26 heavy (non-hydrogen) atoms. The molecule has 5 atom stereocenters. The topological polar surface area (TPSA) is 48.9 Å². The van der Waals surface area contributed by atoms with Crippen LogP contribution in [0.2, 0.25) is 0 Å². The molecule has 5 unspecified atom stereocenters. The van der Waals surface area contributed by atoms with Crippen LogP contribution in [0.1, 0.15) is 53.4 Å². The fraction of sp³-hybridized carbons (Fsp3) is 0.950. The maximum Gasteiger partial charge on any atom is 0.191 e. The van der Waals surface area contributed by atoms with Gasteiger partial charge < -0.3 is 15.4 Å². The third-order valence-electron chi connectivity index (χ3n) is 6.97. The smallest absolute Gasteiger partial charge is 0.191 e. The summed E-state index contributed by atoms with van der Waals surface area (Å²) in [6.07, 6.45) is 5.68. The molecule has 2 heterocycles. The predicted octanol–water partition coefficient (Wildman–Crippen LogP) is 2.85. The van der Waals surface area contributed by atoms with Crippen molar-refractivity contribution in [2.24, 2.45) is 22.2 Å². The Morgan fingerprint density at radius 3 is 2.65 bits per heavy atom. The number of aliphatic imine (C=N–C) groups is 1. The molecule has 0 aromatic rings. The van der Waals surface area contributed by atoms with E-state index >= 15 is 0 Å². The van der Waals surface area contributed by atoms with Crippen LogP contribution in [-0.2, 0) is 4.74 Å². The number of hydrogen-bond acceptors (Lipinski definition) is 3. The van der Waals surface area contributed by atoms with Gasteiger partial charge in [-0.3, -0.25) is 9.89 Å². The first kappa shape index (κ1) is 20.6. The number of halogens is 1. The van der Waals surface area contributed by atoms with E-state index in [1.807, 2.05) is 0 Å². The van der Waals surface area contributed by atoms with E-state index in [0.29, 0.717) is 30.0 Å². The van der Waals surface area contributed by atoms with Gasteiger partial charge in [0.25, 0.3) is 0 Å². The quantitative estimate of drug-likeness (QED) is 0.372. The van der Waals surface area contributed by atoms with Crippen LogP contribution in [0.25, 0.3) is 0 Å². The Kier molecular flexibility index (Phi) is 6.44. The molecule has 6 heteroatoms. The van der Waals surface area contributed by atoms with Crippen LogP contribution in [-0.4, -0.2) is 61.3 Å². The van der Waals surface area contributed by atoms with Gasteiger partial charge in [0.2, 0.25) is 0 Å². The summed E-state index contributed by atoms with van der Waals surface area (Å²) >= 11 is 0. The molecular weight excluding hydrogens is 439 g/mol. The van der Waals surface area contributed by atoms with Gasteiger partial charge in [-0.2, -0.15) is 0 Å². The Balaban J connectivity index is 0.00000196. The summed E-state index contributed by atoms with van der Waals surface area (Å²) in [5, 5.41) is 7.56. The van der Waals surface area contributed by atoms with Gasteiger partial charge in [0.15, 0.2) is 5.96 Å². The molecule has 2 aliphatic heterocycles. The Hall–Kier alpha value is -0.0800. The molecule has 0 aromatic carbocycles. The largest absolute Gasteiger partial charge is 0.377 e. The molecule has 0 bridgehead atoms. The normalized spacial score (nSPS) is 39.5. The van der Waals surface area contributed by atoms with Crippen molar-refractivity contribution in [3.8, 4) is 0 Å². The van der Waals surface area contributed by atoms with Crippen molar-refractivity contribution in [1.82, 2.24) is 15.5 Å². The Morgan fingerprint density at radius 1 is 1.19 bits per heavy atom. The van der Waals surface area contributed by atoms with E-state index in [2.05, 4.69) is 43.2 Å². The second-order valence-corrected chi connectivity index (χ2v) is 9.28. The van der Waals surface area contributed by atoms with Crippen molar-refractivity contribution < 1.29 is 4.74 Å². The maximum absolute atomic E-state index is 6.05. The molecule has 4 rings (SSSR count). The van der Waals surface area contributed by atoms with E-state index in [0.717, 1.165) is 25.2 Å². The van der Waals surface area contributed by atoms with E-state index < -0.39 is 0 Å². The monoisotopic (exact) mass is 476 g/mol. The molecule has 150 valence electrons. The van der Waals surface area contributed by atoms with E-state index in [1.54, 1.807) is 0 Å². The fourth-order valence-electron chi connectivity index (χ4n) is 5.36. The first-order chi connectivity index (χ1) is 12.0. The zero-order valence-electron chi connectivity index (χ0n) is 16.8. The molecular formula is C20H37IN4O. The van der Waals surface area contributed by atoms with Crippen molar-refractivity contribution in [3.05, 3.63) is 0 Å². The highest BCUT2D eigenvalue weighted by atomic mass is 127. The van der Waals surface area contributed by atoms with Gasteiger partial charge in [0.1, 0.15) is 0 Å². The van der Waals surface area contributed by atoms with Crippen molar-refractivity contribution in [2.45, 2.75) is 77.6 Å². The highest BCUT2D eigenvalue weighted by Gasteiger charge is 2.58. The van der Waals surface area contributed by atoms with E-state index in [9.17, 15) is 0 Å². The van der Waals surface area contributed by atoms with Crippen LogP contribution in [0.4, 0.5) is 0 Å². The van der Waals surface area contributed by atoms with Gasteiger partial charge >= 0.3 is 0 Å². The summed E-state index contributed by atoms with van der Waals surface area (Å²) in [7, 11) is 0. The third kappa shape index (κ3) is 3.88. The number of ether oxygens (including phenoxy) is 1. The number of nitrogens with zero attached hydrogens (tertiary/aromatic N) is 2. The van der Waals surface area contributed by atoms with Gasteiger partial charge in [-0.25, -0.2) is 0 Å². The molecule has 4 fully saturated rings. The van der Waals surface area contributed by atoms with E-state index in [1.165, 1.54) is 38.8 Å². The molecule has 0 amide bonds. The molecule has 2 aliphatic carbocycles. The maximum atomic E-state index is 6.05. The second kappa shape index (κ2) is 8.11. The molecule has 2 N–H and O–H groups in total. The van der Waals surface area contributed by atoms with Crippen molar-refractivity contribution in [2.75, 3.05) is 26.2 Å². The average molecular weight is 476 g/mol. The predicted molar refractivity (Wildman–Crippen MR) is 117 cm³/mol. The van der Waals surface area contributed by atoms with Crippen molar-refractivity contribution in [1.29, 1.82) is 0 Å². The van der Waals surface area contributed by atoms with Gasteiger partial charge in [0.05, 0.1) is 6.10 Å². The molecule has 5 nitrogen and oxygen atoms in total. The van der Waals surface area contributed by atoms with E-state index in [4.69, 9.17) is 9.73 Å². The standard InChI is InChI=1S/C20H36N4O.HI/c1-5-21-19(22-16-12-24(11-13(16)2)14-8-9-14)23-17-15-7-6-10-25-18(15)20(17,3)4;/h13-18H,5-12H2,1-4H3,(H2,21,22,23);1H. The summed E-state index contributed by atoms with van der Waals surface area (Å²) in [5.74, 6) is 2.33. The minimum Gasteiger partial charge on any atom is -0.377 e. The molecule has 0 radical (unpaired) electrons. The Morgan fingerprint density at radius 2 is 1.96 bits per heavy atom. The Labute approximate surface area is 176 Å². The highest BCUT2D eigenvalue weighted by Crippen LogP contribution is 2.51. The van der Waals surface area contributed by atoms with Crippen LogP contribution >= 0.6 is 24.0 Å². The number of rotatable bonds is 4. The SMILES string of the molecule is CCN=C(NC1CN(C2CC2)CC1C)NC1C2CCCOC2C1(C)C.I.